The molecule has 21 heavy (non-hydrogen) atoms. The number of amidine groups is 1. The first-order valence-electron chi connectivity index (χ1n) is 6.38. The number of hydrogen-bond donors (Lipinski definition) is 1. The number of hydrogen-bond acceptors (Lipinski definition) is 4. The minimum Gasteiger partial charge on any atom is -0.846 e. The Morgan fingerprint density at radius 3 is 2.52 bits per heavy atom. The van der Waals surface area contributed by atoms with Crippen molar-refractivity contribution in [1.82, 2.24) is 5.32 Å². The predicted molar refractivity (Wildman–Crippen MR) is 69.9 cm³/mol. The van der Waals surface area contributed by atoms with Gasteiger partial charge in [0.05, 0.1) is 12.6 Å². The predicted octanol–water partition coefficient (Wildman–Crippen LogP) is -2.77. The van der Waals surface area contributed by atoms with E-state index in [1.54, 1.807) is 19.1 Å². The van der Waals surface area contributed by atoms with Crippen molar-refractivity contribution in [3.63, 3.8) is 0 Å². The van der Waals surface area contributed by atoms with Crippen LogP contribution < -0.4 is 44.7 Å². The summed E-state index contributed by atoms with van der Waals surface area (Å²) in [6.45, 7) is 1.91. The van der Waals surface area contributed by atoms with Crippen LogP contribution in [0.15, 0.2) is 35.3 Å². The van der Waals surface area contributed by atoms with Crippen molar-refractivity contribution in [3.8, 4) is 5.75 Å². The Morgan fingerprint density at radius 1 is 1.29 bits per heavy atom. The van der Waals surface area contributed by atoms with Crippen LogP contribution >= 0.6 is 0 Å². The normalized spacial score (nSPS) is 21.1. The fourth-order valence-electron chi connectivity index (χ4n) is 2.11. The molecule has 0 aromatic heterocycles. The van der Waals surface area contributed by atoms with Crippen LogP contribution in [0.2, 0.25) is 0 Å². The second-order valence-electron chi connectivity index (χ2n) is 4.52. The van der Waals surface area contributed by atoms with Gasteiger partial charge < -0.3 is 15.2 Å². The standard InChI is InChI=1S/C14H16N2O4.Na/c1-2-14(11(17)15-13(19)16-12(14)18)8-9-20-10-6-4-3-5-7-10;/h3-7H,2,8-9H2,1H3,(H2,15,16,17,18,19);/q;+1/p-1. The van der Waals surface area contributed by atoms with Crippen molar-refractivity contribution in [2.45, 2.75) is 19.8 Å². The number of nitrogens with one attached hydrogen (secondary N) is 1. The summed E-state index contributed by atoms with van der Waals surface area (Å²) in [5.74, 6) is -0.623. The molecular formula is C14H15N2NaO4. The number of nitrogens with zero attached hydrogens (tertiary/aromatic N) is 1. The molecule has 1 aromatic rings. The van der Waals surface area contributed by atoms with Gasteiger partial charge in [0.2, 0.25) is 5.91 Å². The number of aliphatic imine (C=N–C) groups is 1. The molecule has 2 amide bonds. The summed E-state index contributed by atoms with van der Waals surface area (Å²) in [6.07, 6.45) is 0.451. The number of amides is 2. The van der Waals surface area contributed by atoms with E-state index >= 15 is 0 Å². The first-order chi connectivity index (χ1) is 9.58. The summed E-state index contributed by atoms with van der Waals surface area (Å²) < 4.78 is 5.50. The van der Waals surface area contributed by atoms with Crippen molar-refractivity contribution >= 4 is 17.8 Å². The fraction of sp³-hybridized carbons (Fsp3) is 0.357. The summed E-state index contributed by atoms with van der Waals surface area (Å²) >= 11 is 0. The molecule has 0 spiro atoms. The van der Waals surface area contributed by atoms with Gasteiger partial charge in [-0.25, -0.2) is 4.99 Å². The minimum absolute atomic E-state index is 0. The molecule has 1 aromatic carbocycles. The first-order valence-corrected chi connectivity index (χ1v) is 6.38. The molecule has 0 fully saturated rings. The van der Waals surface area contributed by atoms with Gasteiger partial charge in [-0.05, 0) is 18.6 Å². The van der Waals surface area contributed by atoms with Crippen LogP contribution in [0.1, 0.15) is 19.8 Å². The fourth-order valence-corrected chi connectivity index (χ4v) is 2.11. The molecule has 1 heterocycles. The van der Waals surface area contributed by atoms with Crippen LogP contribution in [0, 0.1) is 5.41 Å². The third kappa shape index (κ3) is 3.84. The molecule has 0 aliphatic carbocycles. The SMILES string of the molecule is CCC1(CCOc2ccccc2)C(=O)N=C([O-])NC1=O.[Na+]. The van der Waals surface area contributed by atoms with Gasteiger partial charge in [0.1, 0.15) is 11.2 Å². The van der Waals surface area contributed by atoms with Gasteiger partial charge in [0.25, 0.3) is 5.91 Å². The molecule has 6 nitrogen and oxygen atoms in total. The summed E-state index contributed by atoms with van der Waals surface area (Å²) in [7, 11) is 0. The van der Waals surface area contributed by atoms with Crippen LogP contribution in [-0.4, -0.2) is 24.4 Å². The molecule has 2 rings (SSSR count). The van der Waals surface area contributed by atoms with Crippen LogP contribution in [0.25, 0.3) is 0 Å². The van der Waals surface area contributed by atoms with Gasteiger partial charge in [0, 0.05) is 6.42 Å². The maximum atomic E-state index is 11.9. The molecule has 0 bridgehead atoms. The van der Waals surface area contributed by atoms with Crippen molar-refractivity contribution in [2.24, 2.45) is 10.4 Å². The summed E-state index contributed by atoms with van der Waals surface area (Å²) in [4.78, 5) is 27.2. The van der Waals surface area contributed by atoms with E-state index < -0.39 is 23.3 Å². The van der Waals surface area contributed by atoms with E-state index in [1.807, 2.05) is 18.2 Å². The quantitative estimate of drug-likeness (QED) is 0.470. The summed E-state index contributed by atoms with van der Waals surface area (Å²) in [5, 5.41) is 13.1. The maximum Gasteiger partial charge on any atom is 1.00 e. The number of ether oxygens (including phenoxy) is 1. The number of carbonyl (C=O) groups excluding carboxylic acids is 2. The Hall–Kier alpha value is -1.37. The van der Waals surface area contributed by atoms with Crippen molar-refractivity contribution in [1.29, 1.82) is 0 Å². The Balaban J connectivity index is 0.00000220. The Kier molecular flexibility index (Phi) is 6.39. The van der Waals surface area contributed by atoms with E-state index in [1.165, 1.54) is 0 Å². The molecule has 0 radical (unpaired) electrons. The topological polar surface area (TPSA) is 90.8 Å². The van der Waals surface area contributed by atoms with Gasteiger partial charge in [-0.2, -0.15) is 0 Å². The van der Waals surface area contributed by atoms with Crippen LogP contribution in [0.4, 0.5) is 0 Å². The zero-order valence-electron chi connectivity index (χ0n) is 12.1. The van der Waals surface area contributed by atoms with E-state index in [9.17, 15) is 14.7 Å². The van der Waals surface area contributed by atoms with Gasteiger partial charge in [-0.3, -0.25) is 9.59 Å². The second-order valence-corrected chi connectivity index (χ2v) is 4.52. The maximum absolute atomic E-state index is 11.9. The molecule has 106 valence electrons. The van der Waals surface area contributed by atoms with Crippen LogP contribution in [-0.2, 0) is 9.59 Å². The molecule has 1 atom stereocenters. The van der Waals surface area contributed by atoms with E-state index in [-0.39, 0.29) is 49.0 Å². The number of carbonyl (C=O) groups is 2. The van der Waals surface area contributed by atoms with Crippen molar-refractivity contribution in [2.75, 3.05) is 6.61 Å². The monoisotopic (exact) mass is 298 g/mol. The van der Waals surface area contributed by atoms with Gasteiger partial charge in [0.15, 0.2) is 0 Å². The van der Waals surface area contributed by atoms with Crippen molar-refractivity contribution < 1.29 is 49.0 Å². The third-order valence-electron chi connectivity index (χ3n) is 3.41. The largest absolute Gasteiger partial charge is 1.00 e. The molecule has 7 heteroatoms. The molecule has 0 saturated carbocycles. The minimum atomic E-state index is -1.30. The number of para-hydroxylation sites is 1. The van der Waals surface area contributed by atoms with E-state index in [0.717, 1.165) is 0 Å². The molecule has 1 aliphatic heterocycles. The van der Waals surface area contributed by atoms with E-state index in [2.05, 4.69) is 10.3 Å². The number of benzene rings is 1. The van der Waals surface area contributed by atoms with Crippen molar-refractivity contribution in [3.05, 3.63) is 30.3 Å². The smallest absolute Gasteiger partial charge is 0.846 e. The Bertz CT molecular complexity index is 547. The zero-order valence-corrected chi connectivity index (χ0v) is 14.1. The van der Waals surface area contributed by atoms with Crippen LogP contribution in [0.3, 0.4) is 0 Å². The molecular weight excluding hydrogens is 283 g/mol. The molecule has 1 aliphatic rings. The average molecular weight is 298 g/mol. The summed E-state index contributed by atoms with van der Waals surface area (Å²) in [5.41, 5.74) is -1.30. The number of rotatable bonds is 5. The second kappa shape index (κ2) is 7.59. The third-order valence-corrected chi connectivity index (χ3v) is 3.41. The molecule has 0 saturated heterocycles. The first kappa shape index (κ1) is 17.7. The van der Waals surface area contributed by atoms with Gasteiger partial charge >= 0.3 is 29.6 Å². The van der Waals surface area contributed by atoms with E-state index in [0.29, 0.717) is 5.75 Å². The molecule has 1 unspecified atom stereocenters. The Morgan fingerprint density at radius 2 is 1.95 bits per heavy atom. The zero-order chi connectivity index (χ0) is 14.6. The van der Waals surface area contributed by atoms with Gasteiger partial charge in [-0.1, -0.05) is 25.1 Å². The van der Waals surface area contributed by atoms with E-state index in [4.69, 9.17) is 4.74 Å². The van der Waals surface area contributed by atoms with Crippen LogP contribution in [0.5, 0.6) is 5.75 Å². The Labute approximate surface area is 144 Å². The average Bonchev–Trinajstić information content (AvgIpc) is 2.43. The molecule has 1 N–H and O–H groups in total. The summed E-state index contributed by atoms with van der Waals surface area (Å²) in [6, 6.07) is 8.20. The van der Waals surface area contributed by atoms with Gasteiger partial charge in [-0.15, -0.1) is 0 Å².